The second-order valence-electron chi connectivity index (χ2n) is 5.05. The quantitative estimate of drug-likeness (QED) is 0.437. The van der Waals surface area contributed by atoms with Crippen LogP contribution < -0.4 is 11.3 Å². The molecule has 1 rings (SSSR count). The summed E-state index contributed by atoms with van der Waals surface area (Å²) < 4.78 is 0. The molecule has 1 fully saturated rings. The Balaban J connectivity index is 2.51. The molecule has 0 spiro atoms. The second kappa shape index (κ2) is 7.67. The fourth-order valence-corrected chi connectivity index (χ4v) is 2.90. The summed E-state index contributed by atoms with van der Waals surface area (Å²) in [5.74, 6) is 6.05. The van der Waals surface area contributed by atoms with Crippen LogP contribution >= 0.6 is 0 Å². The van der Waals surface area contributed by atoms with E-state index >= 15 is 0 Å². The Morgan fingerprint density at radius 2 is 2.18 bits per heavy atom. The lowest BCUT2D eigenvalue weighted by Crippen LogP contribution is -2.49. The van der Waals surface area contributed by atoms with Crippen LogP contribution in [0.2, 0.25) is 0 Å². The zero-order chi connectivity index (χ0) is 12.7. The van der Waals surface area contributed by atoms with Crippen LogP contribution in [0.25, 0.3) is 0 Å². The molecule has 0 radical (unpaired) electrons. The summed E-state index contributed by atoms with van der Waals surface area (Å²) >= 11 is 0. The van der Waals surface area contributed by atoms with Gasteiger partial charge in [0.1, 0.15) is 0 Å². The number of hydrazine groups is 1. The average molecular weight is 241 g/mol. The van der Waals surface area contributed by atoms with Crippen LogP contribution in [-0.2, 0) is 4.79 Å². The van der Waals surface area contributed by atoms with Crippen LogP contribution in [0.4, 0.5) is 0 Å². The molecule has 1 aliphatic heterocycles. The van der Waals surface area contributed by atoms with Gasteiger partial charge in [-0.2, -0.15) is 0 Å². The SMILES string of the molecule is CCCC1CCCN(C(CC)C(=O)NN)CC1. The van der Waals surface area contributed by atoms with E-state index in [0.717, 1.165) is 25.4 Å². The fourth-order valence-electron chi connectivity index (χ4n) is 2.90. The van der Waals surface area contributed by atoms with E-state index in [1.807, 2.05) is 6.92 Å². The molecule has 0 aromatic carbocycles. The van der Waals surface area contributed by atoms with Crippen molar-refractivity contribution in [3.8, 4) is 0 Å². The zero-order valence-electron chi connectivity index (χ0n) is 11.2. The molecule has 0 aliphatic carbocycles. The molecule has 0 aromatic heterocycles. The lowest BCUT2D eigenvalue weighted by atomic mass is 9.96. The number of hydrogen-bond donors (Lipinski definition) is 2. The molecule has 1 aliphatic rings. The van der Waals surface area contributed by atoms with Gasteiger partial charge in [-0.25, -0.2) is 5.84 Å². The van der Waals surface area contributed by atoms with Gasteiger partial charge in [-0.1, -0.05) is 26.7 Å². The van der Waals surface area contributed by atoms with Gasteiger partial charge in [0.05, 0.1) is 6.04 Å². The lowest BCUT2D eigenvalue weighted by molar-refractivity contribution is -0.126. The van der Waals surface area contributed by atoms with Crippen molar-refractivity contribution in [2.75, 3.05) is 13.1 Å². The number of rotatable bonds is 5. The summed E-state index contributed by atoms with van der Waals surface area (Å²) in [6.07, 6.45) is 7.17. The molecule has 0 aromatic rings. The smallest absolute Gasteiger partial charge is 0.251 e. The van der Waals surface area contributed by atoms with Crippen LogP contribution in [0.3, 0.4) is 0 Å². The van der Waals surface area contributed by atoms with Crippen LogP contribution in [-0.4, -0.2) is 29.9 Å². The molecule has 17 heavy (non-hydrogen) atoms. The molecule has 1 saturated heterocycles. The lowest BCUT2D eigenvalue weighted by Gasteiger charge is -2.28. The molecule has 100 valence electrons. The van der Waals surface area contributed by atoms with Crippen LogP contribution in [0, 0.1) is 5.92 Å². The van der Waals surface area contributed by atoms with E-state index < -0.39 is 0 Å². The standard InChI is InChI=1S/C13H27N3O/c1-3-6-11-7-5-9-16(10-8-11)12(4-2)13(17)15-14/h11-12H,3-10,14H2,1-2H3,(H,15,17). The minimum Gasteiger partial charge on any atom is -0.293 e. The Kier molecular flexibility index (Phi) is 6.52. The highest BCUT2D eigenvalue weighted by Crippen LogP contribution is 2.23. The Bertz CT molecular complexity index is 233. The first-order valence-electron chi connectivity index (χ1n) is 6.97. The summed E-state index contributed by atoms with van der Waals surface area (Å²) in [5, 5.41) is 0. The molecule has 0 bridgehead atoms. The van der Waals surface area contributed by atoms with Crippen molar-refractivity contribution in [3.05, 3.63) is 0 Å². The Morgan fingerprint density at radius 3 is 2.76 bits per heavy atom. The normalized spacial score (nSPS) is 24.1. The van der Waals surface area contributed by atoms with Crippen molar-refractivity contribution in [1.29, 1.82) is 0 Å². The van der Waals surface area contributed by atoms with Crippen LogP contribution in [0.5, 0.6) is 0 Å². The number of hydrogen-bond acceptors (Lipinski definition) is 3. The summed E-state index contributed by atoms with van der Waals surface area (Å²) in [6.45, 7) is 6.37. The van der Waals surface area contributed by atoms with Crippen molar-refractivity contribution in [2.24, 2.45) is 11.8 Å². The highest BCUT2D eigenvalue weighted by atomic mass is 16.2. The predicted molar refractivity (Wildman–Crippen MR) is 70.2 cm³/mol. The third-order valence-corrected chi connectivity index (χ3v) is 3.85. The maximum Gasteiger partial charge on any atom is 0.251 e. The summed E-state index contributed by atoms with van der Waals surface area (Å²) in [4.78, 5) is 14.0. The number of amides is 1. The van der Waals surface area contributed by atoms with E-state index in [4.69, 9.17) is 5.84 Å². The molecule has 4 heteroatoms. The van der Waals surface area contributed by atoms with Crippen molar-refractivity contribution < 1.29 is 4.79 Å². The van der Waals surface area contributed by atoms with Gasteiger partial charge in [-0.05, 0) is 44.7 Å². The van der Waals surface area contributed by atoms with E-state index in [9.17, 15) is 4.79 Å². The fraction of sp³-hybridized carbons (Fsp3) is 0.923. The molecule has 2 atom stereocenters. The van der Waals surface area contributed by atoms with Crippen molar-refractivity contribution in [1.82, 2.24) is 10.3 Å². The number of likely N-dealkylation sites (tertiary alicyclic amines) is 1. The first kappa shape index (κ1) is 14.5. The molecule has 1 heterocycles. The molecule has 3 N–H and O–H groups in total. The number of nitrogens with zero attached hydrogens (tertiary/aromatic N) is 1. The number of carbonyl (C=O) groups excluding carboxylic acids is 1. The van der Waals surface area contributed by atoms with E-state index in [0.29, 0.717) is 0 Å². The second-order valence-corrected chi connectivity index (χ2v) is 5.05. The molecular weight excluding hydrogens is 214 g/mol. The maximum absolute atomic E-state index is 11.7. The van der Waals surface area contributed by atoms with Crippen molar-refractivity contribution in [3.63, 3.8) is 0 Å². The first-order chi connectivity index (χ1) is 8.22. The van der Waals surface area contributed by atoms with Gasteiger partial charge in [0.15, 0.2) is 0 Å². The van der Waals surface area contributed by atoms with Gasteiger partial charge in [0.2, 0.25) is 0 Å². The predicted octanol–water partition coefficient (Wildman–Crippen LogP) is 1.66. The van der Waals surface area contributed by atoms with Gasteiger partial charge in [-0.3, -0.25) is 15.1 Å². The first-order valence-corrected chi connectivity index (χ1v) is 6.97. The average Bonchev–Trinajstić information content (AvgIpc) is 2.56. The summed E-state index contributed by atoms with van der Waals surface area (Å²) in [5.41, 5.74) is 2.29. The van der Waals surface area contributed by atoms with Crippen molar-refractivity contribution in [2.45, 2.75) is 58.4 Å². The number of nitrogens with two attached hydrogens (primary N) is 1. The van der Waals surface area contributed by atoms with Gasteiger partial charge in [-0.15, -0.1) is 0 Å². The Labute approximate surface area is 105 Å². The minimum absolute atomic E-state index is 0.0403. The molecule has 0 saturated carbocycles. The van der Waals surface area contributed by atoms with Gasteiger partial charge >= 0.3 is 0 Å². The maximum atomic E-state index is 11.7. The monoisotopic (exact) mass is 241 g/mol. The molecule has 1 amide bonds. The van der Waals surface area contributed by atoms with E-state index in [-0.39, 0.29) is 11.9 Å². The Morgan fingerprint density at radius 1 is 1.41 bits per heavy atom. The van der Waals surface area contributed by atoms with Gasteiger partial charge in [0, 0.05) is 0 Å². The van der Waals surface area contributed by atoms with E-state index in [2.05, 4.69) is 17.2 Å². The van der Waals surface area contributed by atoms with Gasteiger partial charge < -0.3 is 0 Å². The largest absolute Gasteiger partial charge is 0.293 e. The van der Waals surface area contributed by atoms with Crippen LogP contribution in [0.15, 0.2) is 0 Å². The highest BCUT2D eigenvalue weighted by molar-refractivity contribution is 5.81. The topological polar surface area (TPSA) is 58.4 Å². The summed E-state index contributed by atoms with van der Waals surface area (Å²) in [7, 11) is 0. The Hall–Kier alpha value is -0.610. The number of nitrogens with one attached hydrogen (secondary N) is 1. The molecule has 4 nitrogen and oxygen atoms in total. The van der Waals surface area contributed by atoms with E-state index in [1.165, 1.54) is 32.1 Å². The molecular formula is C13H27N3O. The van der Waals surface area contributed by atoms with Gasteiger partial charge in [0.25, 0.3) is 5.91 Å². The van der Waals surface area contributed by atoms with Crippen molar-refractivity contribution >= 4 is 5.91 Å². The van der Waals surface area contributed by atoms with Crippen LogP contribution in [0.1, 0.15) is 52.4 Å². The third kappa shape index (κ3) is 4.28. The third-order valence-electron chi connectivity index (χ3n) is 3.85. The number of carbonyl (C=O) groups is 1. The summed E-state index contributed by atoms with van der Waals surface area (Å²) in [6, 6.07) is -0.0413. The minimum atomic E-state index is -0.0413. The molecule has 2 unspecified atom stereocenters. The zero-order valence-corrected chi connectivity index (χ0v) is 11.2. The highest BCUT2D eigenvalue weighted by Gasteiger charge is 2.26. The van der Waals surface area contributed by atoms with E-state index in [1.54, 1.807) is 0 Å².